The molecule has 0 saturated carbocycles. The number of nitrogens with two attached hydrogens (primary N) is 1. The van der Waals surface area contributed by atoms with Crippen molar-refractivity contribution in [3.8, 4) is 0 Å². The molecule has 0 radical (unpaired) electrons. The number of benzene rings is 1. The van der Waals surface area contributed by atoms with Gasteiger partial charge in [-0.25, -0.2) is 0 Å². The van der Waals surface area contributed by atoms with E-state index in [1.807, 2.05) is 0 Å². The van der Waals surface area contributed by atoms with E-state index in [0.29, 0.717) is 0 Å². The van der Waals surface area contributed by atoms with E-state index in [2.05, 4.69) is 30.5 Å². The molecule has 0 aliphatic heterocycles. The van der Waals surface area contributed by atoms with Gasteiger partial charge in [0.15, 0.2) is 0 Å². The minimum absolute atomic E-state index is 0.781. The van der Waals surface area contributed by atoms with Crippen molar-refractivity contribution in [1.29, 1.82) is 0 Å². The summed E-state index contributed by atoms with van der Waals surface area (Å²) in [6.45, 7) is 0.781. The molecule has 2 heteroatoms. The van der Waals surface area contributed by atoms with Gasteiger partial charge in [-0.15, -0.1) is 11.8 Å². The summed E-state index contributed by atoms with van der Waals surface area (Å²) in [5.74, 6) is 0. The molecule has 12 heavy (non-hydrogen) atoms. The van der Waals surface area contributed by atoms with Gasteiger partial charge in [0.2, 0.25) is 0 Å². The summed E-state index contributed by atoms with van der Waals surface area (Å²) in [6, 6.07) is 8.64. The van der Waals surface area contributed by atoms with Crippen LogP contribution in [-0.4, -0.2) is 12.8 Å². The van der Waals surface area contributed by atoms with E-state index in [0.717, 1.165) is 19.4 Å². The molecule has 0 aliphatic carbocycles. The molecule has 0 spiro atoms. The van der Waals surface area contributed by atoms with Gasteiger partial charge in [-0.3, -0.25) is 0 Å². The van der Waals surface area contributed by atoms with E-state index < -0.39 is 0 Å². The topological polar surface area (TPSA) is 26.0 Å². The second-order valence-corrected chi connectivity index (χ2v) is 3.62. The Morgan fingerprint density at radius 2 is 2.25 bits per heavy atom. The van der Waals surface area contributed by atoms with Gasteiger partial charge >= 0.3 is 0 Å². The van der Waals surface area contributed by atoms with Crippen LogP contribution in [0.5, 0.6) is 0 Å². The molecule has 0 amide bonds. The minimum atomic E-state index is 0.781. The van der Waals surface area contributed by atoms with Gasteiger partial charge < -0.3 is 5.73 Å². The first kappa shape index (κ1) is 9.62. The van der Waals surface area contributed by atoms with E-state index >= 15 is 0 Å². The molecule has 66 valence electrons. The van der Waals surface area contributed by atoms with Crippen LogP contribution in [0.25, 0.3) is 0 Å². The van der Waals surface area contributed by atoms with E-state index in [1.165, 1.54) is 10.5 Å². The molecular formula is C10H15NS. The van der Waals surface area contributed by atoms with Gasteiger partial charge in [-0.1, -0.05) is 12.1 Å². The van der Waals surface area contributed by atoms with Crippen LogP contribution in [0.4, 0.5) is 0 Å². The van der Waals surface area contributed by atoms with Crippen LogP contribution in [0.1, 0.15) is 12.0 Å². The lowest BCUT2D eigenvalue weighted by Gasteiger charge is -2.01. The molecule has 1 rings (SSSR count). The molecule has 0 heterocycles. The Labute approximate surface area is 78.4 Å². The number of aryl methyl sites for hydroxylation is 1. The minimum Gasteiger partial charge on any atom is -0.330 e. The summed E-state index contributed by atoms with van der Waals surface area (Å²) in [6.07, 6.45) is 4.28. The van der Waals surface area contributed by atoms with Crippen molar-refractivity contribution in [2.24, 2.45) is 5.73 Å². The molecule has 2 N–H and O–H groups in total. The van der Waals surface area contributed by atoms with Gasteiger partial charge in [-0.05, 0) is 43.3 Å². The molecule has 1 aromatic rings. The van der Waals surface area contributed by atoms with Crippen LogP contribution in [0.3, 0.4) is 0 Å². The average molecular weight is 181 g/mol. The van der Waals surface area contributed by atoms with Crippen LogP contribution >= 0.6 is 11.8 Å². The Hall–Kier alpha value is -0.470. The van der Waals surface area contributed by atoms with E-state index in [-0.39, 0.29) is 0 Å². The summed E-state index contributed by atoms with van der Waals surface area (Å²) in [7, 11) is 0. The highest BCUT2D eigenvalue weighted by Crippen LogP contribution is 2.16. The number of thioether (sulfide) groups is 1. The van der Waals surface area contributed by atoms with Gasteiger partial charge in [-0.2, -0.15) is 0 Å². The average Bonchev–Trinajstić information content (AvgIpc) is 2.15. The smallest absolute Gasteiger partial charge is 0.00718 e. The van der Waals surface area contributed by atoms with Crippen molar-refractivity contribution in [1.82, 2.24) is 0 Å². The molecular weight excluding hydrogens is 166 g/mol. The maximum Gasteiger partial charge on any atom is 0.00718 e. The van der Waals surface area contributed by atoms with Crippen LogP contribution in [0, 0.1) is 0 Å². The lowest BCUT2D eigenvalue weighted by atomic mass is 10.1. The first-order valence-corrected chi connectivity index (χ1v) is 5.42. The standard InChI is InChI=1S/C10H15NS/c1-12-10-6-2-4-9(8-10)5-3-7-11/h2,4,6,8H,3,5,7,11H2,1H3. The second-order valence-electron chi connectivity index (χ2n) is 2.74. The van der Waals surface area contributed by atoms with Crippen molar-refractivity contribution in [3.63, 3.8) is 0 Å². The molecule has 0 bridgehead atoms. The fourth-order valence-electron chi connectivity index (χ4n) is 1.13. The molecule has 1 aromatic carbocycles. The van der Waals surface area contributed by atoms with Crippen LogP contribution in [-0.2, 0) is 6.42 Å². The van der Waals surface area contributed by atoms with Gasteiger partial charge in [0.05, 0.1) is 0 Å². The Morgan fingerprint density at radius 3 is 2.92 bits per heavy atom. The zero-order chi connectivity index (χ0) is 8.81. The lowest BCUT2D eigenvalue weighted by Crippen LogP contribution is -2.00. The fourth-order valence-corrected chi connectivity index (χ4v) is 1.62. The third-order valence-electron chi connectivity index (χ3n) is 1.80. The van der Waals surface area contributed by atoms with E-state index in [9.17, 15) is 0 Å². The van der Waals surface area contributed by atoms with E-state index in [4.69, 9.17) is 5.73 Å². The summed E-state index contributed by atoms with van der Waals surface area (Å²) >= 11 is 1.79. The largest absolute Gasteiger partial charge is 0.330 e. The van der Waals surface area contributed by atoms with Gasteiger partial charge in [0, 0.05) is 4.90 Å². The SMILES string of the molecule is CSc1cccc(CCCN)c1. The van der Waals surface area contributed by atoms with Crippen molar-refractivity contribution >= 4 is 11.8 Å². The molecule has 0 atom stereocenters. The summed E-state index contributed by atoms with van der Waals surface area (Å²) < 4.78 is 0. The van der Waals surface area contributed by atoms with Crippen LogP contribution in [0.15, 0.2) is 29.2 Å². The number of hydrogen-bond donors (Lipinski definition) is 1. The molecule has 0 aromatic heterocycles. The highest BCUT2D eigenvalue weighted by atomic mass is 32.2. The zero-order valence-electron chi connectivity index (χ0n) is 7.42. The highest BCUT2D eigenvalue weighted by Gasteiger charge is 1.93. The van der Waals surface area contributed by atoms with Crippen molar-refractivity contribution in [2.75, 3.05) is 12.8 Å². The first-order chi connectivity index (χ1) is 5.86. The summed E-state index contributed by atoms with van der Waals surface area (Å²) in [5.41, 5.74) is 6.84. The Morgan fingerprint density at radius 1 is 1.42 bits per heavy atom. The maximum absolute atomic E-state index is 5.44. The summed E-state index contributed by atoms with van der Waals surface area (Å²) in [5, 5.41) is 0. The van der Waals surface area contributed by atoms with Crippen LogP contribution in [0.2, 0.25) is 0 Å². The fraction of sp³-hybridized carbons (Fsp3) is 0.400. The molecule has 0 aliphatic rings. The molecule has 0 unspecified atom stereocenters. The lowest BCUT2D eigenvalue weighted by molar-refractivity contribution is 0.831. The number of rotatable bonds is 4. The Bertz CT molecular complexity index is 235. The van der Waals surface area contributed by atoms with Crippen molar-refractivity contribution in [3.05, 3.63) is 29.8 Å². The molecule has 0 saturated heterocycles. The van der Waals surface area contributed by atoms with E-state index in [1.54, 1.807) is 11.8 Å². The van der Waals surface area contributed by atoms with Gasteiger partial charge in [0.25, 0.3) is 0 Å². The highest BCUT2D eigenvalue weighted by molar-refractivity contribution is 7.98. The Balaban J connectivity index is 2.60. The zero-order valence-corrected chi connectivity index (χ0v) is 8.23. The number of hydrogen-bond acceptors (Lipinski definition) is 2. The maximum atomic E-state index is 5.44. The predicted molar refractivity (Wildman–Crippen MR) is 55.6 cm³/mol. The molecule has 1 nitrogen and oxygen atoms in total. The molecule has 0 fully saturated rings. The first-order valence-electron chi connectivity index (χ1n) is 4.20. The second kappa shape index (κ2) is 5.22. The van der Waals surface area contributed by atoms with Gasteiger partial charge in [0.1, 0.15) is 0 Å². The Kier molecular flexibility index (Phi) is 4.19. The van der Waals surface area contributed by atoms with Crippen molar-refractivity contribution < 1.29 is 0 Å². The normalized spacial score (nSPS) is 10.2. The van der Waals surface area contributed by atoms with Crippen molar-refractivity contribution in [2.45, 2.75) is 17.7 Å². The predicted octanol–water partition coefficient (Wildman–Crippen LogP) is 2.30. The third-order valence-corrected chi connectivity index (χ3v) is 2.53. The quantitative estimate of drug-likeness (QED) is 0.721. The van der Waals surface area contributed by atoms with Crippen LogP contribution < -0.4 is 5.73 Å². The monoisotopic (exact) mass is 181 g/mol. The summed E-state index contributed by atoms with van der Waals surface area (Å²) in [4.78, 5) is 1.34. The third kappa shape index (κ3) is 2.88.